The van der Waals surface area contributed by atoms with Crippen molar-refractivity contribution in [2.45, 2.75) is 38.3 Å². The van der Waals surface area contributed by atoms with Crippen molar-refractivity contribution in [1.82, 2.24) is 4.90 Å². The fourth-order valence-electron chi connectivity index (χ4n) is 4.40. The predicted octanol–water partition coefficient (Wildman–Crippen LogP) is 6.28. The number of hydrogen-bond acceptors (Lipinski definition) is 3. The molecule has 1 aliphatic heterocycles. The van der Waals surface area contributed by atoms with Gasteiger partial charge in [0.1, 0.15) is 12.4 Å². The largest absolute Gasteiger partial charge is 0.489 e. The van der Waals surface area contributed by atoms with E-state index in [1.165, 1.54) is 22.3 Å². The molecule has 1 heterocycles. The van der Waals surface area contributed by atoms with Gasteiger partial charge in [-0.15, -0.1) is 0 Å². The van der Waals surface area contributed by atoms with Crippen LogP contribution in [0.25, 0.3) is 0 Å². The Labute approximate surface area is 202 Å². The highest BCUT2D eigenvalue weighted by atomic mass is 16.6. The fourth-order valence-corrected chi connectivity index (χ4v) is 4.40. The van der Waals surface area contributed by atoms with Crippen molar-refractivity contribution in [3.8, 4) is 5.75 Å². The van der Waals surface area contributed by atoms with Crippen molar-refractivity contribution in [1.29, 1.82) is 0 Å². The van der Waals surface area contributed by atoms with E-state index in [2.05, 4.69) is 102 Å². The van der Waals surface area contributed by atoms with Gasteiger partial charge in [0.25, 0.3) is 0 Å². The number of epoxide rings is 1. The number of hydrogen-bond donors (Lipinski definition) is 0. The third-order valence-corrected chi connectivity index (χ3v) is 6.33. The molecule has 4 aromatic carbocycles. The van der Waals surface area contributed by atoms with Gasteiger partial charge in [0.05, 0.1) is 12.7 Å². The minimum absolute atomic E-state index is 0.279. The Balaban J connectivity index is 1.29. The van der Waals surface area contributed by atoms with Gasteiger partial charge in [-0.3, -0.25) is 4.90 Å². The number of ether oxygens (including phenoxy) is 2. The minimum atomic E-state index is 0.279. The number of nitrogens with zero attached hydrogens (tertiary/aromatic N) is 1. The lowest BCUT2D eigenvalue weighted by atomic mass is 10.00. The molecule has 1 saturated heterocycles. The summed E-state index contributed by atoms with van der Waals surface area (Å²) in [5.74, 6) is 0.900. The Bertz CT molecular complexity index is 1080. The van der Waals surface area contributed by atoms with Crippen molar-refractivity contribution in [3.05, 3.63) is 138 Å². The van der Waals surface area contributed by atoms with Gasteiger partial charge in [-0.05, 0) is 40.8 Å². The summed E-state index contributed by atoms with van der Waals surface area (Å²) in [6, 6.07) is 40.6. The Morgan fingerprint density at radius 2 is 1.15 bits per heavy atom. The molecule has 3 nitrogen and oxygen atoms in total. The first-order chi connectivity index (χ1) is 16.8. The molecule has 1 unspecified atom stereocenters. The van der Waals surface area contributed by atoms with Gasteiger partial charge in [0, 0.05) is 19.1 Å². The van der Waals surface area contributed by atoms with E-state index in [0.717, 1.165) is 31.9 Å². The summed E-state index contributed by atoms with van der Waals surface area (Å²) in [5, 5.41) is 0. The van der Waals surface area contributed by atoms with Gasteiger partial charge in [0.2, 0.25) is 0 Å². The molecule has 0 radical (unpaired) electrons. The predicted molar refractivity (Wildman–Crippen MR) is 137 cm³/mol. The number of benzene rings is 4. The molecule has 0 aromatic heterocycles. The summed E-state index contributed by atoms with van der Waals surface area (Å²) in [6.07, 6.45) is 1.23. The van der Waals surface area contributed by atoms with Crippen LogP contribution in [0, 0.1) is 0 Å². The first-order valence-electron chi connectivity index (χ1n) is 12.0. The molecule has 0 bridgehead atoms. The molecule has 3 heteroatoms. The average molecular weight is 450 g/mol. The van der Waals surface area contributed by atoms with Crippen LogP contribution in [0.3, 0.4) is 0 Å². The van der Waals surface area contributed by atoms with E-state index in [9.17, 15) is 0 Å². The standard InChI is InChI=1S/C31H31NO2/c1-4-10-26(11-5-1)21-32(22-27-12-6-2-7-13-27)30(31-24-34-31)20-25-16-18-29(19-17-25)33-23-28-14-8-3-9-15-28/h1-19,30-31H,20-24H2/t30?,31-/m0/s1. The summed E-state index contributed by atoms with van der Waals surface area (Å²) >= 11 is 0. The van der Waals surface area contributed by atoms with E-state index in [0.29, 0.717) is 12.6 Å². The number of rotatable bonds is 11. The highest BCUT2D eigenvalue weighted by molar-refractivity contribution is 5.29. The van der Waals surface area contributed by atoms with Gasteiger partial charge >= 0.3 is 0 Å². The lowest BCUT2D eigenvalue weighted by Crippen LogP contribution is -2.40. The average Bonchev–Trinajstić information content (AvgIpc) is 3.74. The molecule has 1 fully saturated rings. The second-order valence-electron chi connectivity index (χ2n) is 8.94. The van der Waals surface area contributed by atoms with Crippen LogP contribution in [0.4, 0.5) is 0 Å². The summed E-state index contributed by atoms with van der Waals surface area (Å²) in [4.78, 5) is 2.57. The molecule has 0 spiro atoms. The van der Waals surface area contributed by atoms with E-state index in [-0.39, 0.29) is 6.10 Å². The van der Waals surface area contributed by atoms with Gasteiger partial charge in [0.15, 0.2) is 0 Å². The monoisotopic (exact) mass is 449 g/mol. The zero-order valence-electron chi connectivity index (χ0n) is 19.4. The van der Waals surface area contributed by atoms with E-state index in [1.54, 1.807) is 0 Å². The molecule has 0 aliphatic carbocycles. The van der Waals surface area contributed by atoms with Crippen LogP contribution in [0.5, 0.6) is 5.75 Å². The molecule has 1 aliphatic rings. The van der Waals surface area contributed by atoms with Crippen molar-refractivity contribution >= 4 is 0 Å². The topological polar surface area (TPSA) is 25.0 Å². The first-order valence-corrected chi connectivity index (χ1v) is 12.0. The van der Waals surface area contributed by atoms with Gasteiger partial charge < -0.3 is 9.47 Å². The second kappa shape index (κ2) is 11.1. The molecule has 172 valence electrons. The smallest absolute Gasteiger partial charge is 0.119 e. The van der Waals surface area contributed by atoms with Crippen molar-refractivity contribution in [2.75, 3.05) is 6.61 Å². The Hall–Kier alpha value is -3.40. The normalized spacial score (nSPS) is 15.7. The maximum Gasteiger partial charge on any atom is 0.119 e. The maximum absolute atomic E-state index is 5.98. The van der Waals surface area contributed by atoms with Crippen molar-refractivity contribution < 1.29 is 9.47 Å². The Morgan fingerprint density at radius 3 is 1.65 bits per heavy atom. The molecule has 5 rings (SSSR count). The summed E-state index contributed by atoms with van der Waals surface area (Å²) in [6.45, 7) is 3.22. The second-order valence-corrected chi connectivity index (χ2v) is 8.94. The molecule has 2 atom stereocenters. The van der Waals surface area contributed by atoms with Crippen LogP contribution in [-0.4, -0.2) is 23.7 Å². The summed E-state index contributed by atoms with van der Waals surface area (Å²) in [5.41, 5.74) is 5.14. The molecule has 4 aromatic rings. The highest BCUT2D eigenvalue weighted by Gasteiger charge is 2.36. The zero-order chi connectivity index (χ0) is 23.0. The summed E-state index contributed by atoms with van der Waals surface area (Å²) < 4.78 is 11.8. The molecule has 0 amide bonds. The van der Waals surface area contributed by atoms with Gasteiger partial charge in [-0.25, -0.2) is 0 Å². The van der Waals surface area contributed by atoms with Gasteiger partial charge in [-0.1, -0.05) is 103 Å². The zero-order valence-corrected chi connectivity index (χ0v) is 19.4. The quantitative estimate of drug-likeness (QED) is 0.252. The van der Waals surface area contributed by atoms with Crippen LogP contribution in [0.2, 0.25) is 0 Å². The lowest BCUT2D eigenvalue weighted by molar-refractivity contribution is 0.144. The Kier molecular flexibility index (Phi) is 7.34. The first kappa shape index (κ1) is 22.4. The van der Waals surface area contributed by atoms with Crippen LogP contribution in [0.15, 0.2) is 115 Å². The molecular weight excluding hydrogens is 418 g/mol. The van der Waals surface area contributed by atoms with E-state index in [4.69, 9.17) is 9.47 Å². The molecular formula is C31H31NO2. The fraction of sp³-hybridized carbons (Fsp3) is 0.226. The highest BCUT2D eigenvalue weighted by Crippen LogP contribution is 2.27. The minimum Gasteiger partial charge on any atom is -0.489 e. The maximum atomic E-state index is 5.98. The molecule has 0 N–H and O–H groups in total. The van der Waals surface area contributed by atoms with E-state index >= 15 is 0 Å². The SMILES string of the molecule is c1ccc(COc2ccc(CC([C@@H]3CO3)N(Cc3ccccc3)Cc3ccccc3)cc2)cc1. The van der Waals surface area contributed by atoms with Crippen molar-refractivity contribution in [2.24, 2.45) is 0 Å². The Morgan fingerprint density at radius 1 is 0.647 bits per heavy atom. The lowest BCUT2D eigenvalue weighted by Gasteiger charge is -2.31. The van der Waals surface area contributed by atoms with E-state index in [1.807, 2.05) is 18.2 Å². The van der Waals surface area contributed by atoms with Gasteiger partial charge in [-0.2, -0.15) is 0 Å². The third kappa shape index (κ3) is 6.34. The molecule has 34 heavy (non-hydrogen) atoms. The van der Waals surface area contributed by atoms with Crippen molar-refractivity contribution in [3.63, 3.8) is 0 Å². The summed E-state index contributed by atoms with van der Waals surface area (Å²) in [7, 11) is 0. The van der Waals surface area contributed by atoms with E-state index < -0.39 is 0 Å². The van der Waals surface area contributed by atoms with Crippen LogP contribution >= 0.6 is 0 Å². The third-order valence-electron chi connectivity index (χ3n) is 6.33. The van der Waals surface area contributed by atoms with Crippen LogP contribution < -0.4 is 4.74 Å². The van der Waals surface area contributed by atoms with Crippen LogP contribution in [-0.2, 0) is 30.9 Å². The van der Waals surface area contributed by atoms with Crippen LogP contribution in [0.1, 0.15) is 22.3 Å². The molecule has 0 saturated carbocycles.